The van der Waals surface area contributed by atoms with Crippen molar-refractivity contribution in [1.29, 1.82) is 0 Å². The first-order valence-electron chi connectivity index (χ1n) is 11.4. The van der Waals surface area contributed by atoms with Crippen LogP contribution in [0, 0.1) is 11.6 Å². The van der Waals surface area contributed by atoms with Crippen LogP contribution in [0.1, 0.15) is 12.8 Å². The largest absolute Gasteiger partial charge is 0.438 e. The summed E-state index contributed by atoms with van der Waals surface area (Å²) in [7, 11) is 2.51. The molecule has 1 atom stereocenters. The van der Waals surface area contributed by atoms with E-state index >= 15 is 8.78 Å². The highest BCUT2D eigenvalue weighted by atomic mass is 19.3. The zero-order valence-corrected chi connectivity index (χ0v) is 20.0. The summed E-state index contributed by atoms with van der Waals surface area (Å²) < 4.78 is 72.5. The van der Waals surface area contributed by atoms with Gasteiger partial charge in [-0.25, -0.2) is 23.8 Å². The molecule has 0 bridgehead atoms. The zero-order valence-electron chi connectivity index (χ0n) is 20.0. The van der Waals surface area contributed by atoms with Crippen LogP contribution in [0.3, 0.4) is 0 Å². The van der Waals surface area contributed by atoms with E-state index in [2.05, 4.69) is 5.43 Å². The van der Waals surface area contributed by atoms with Crippen LogP contribution in [0.4, 0.5) is 38.1 Å². The topological polar surface area (TPSA) is 82.2 Å². The minimum Gasteiger partial charge on any atom is -0.438 e. The third-order valence-corrected chi connectivity index (χ3v) is 6.05. The maximum Gasteiger partial charge on any atom is 0.414 e. The Morgan fingerprint density at radius 3 is 2.44 bits per heavy atom. The molecule has 36 heavy (non-hydrogen) atoms. The fourth-order valence-electron chi connectivity index (χ4n) is 4.22. The van der Waals surface area contributed by atoms with E-state index in [1.54, 1.807) is 0 Å². The Morgan fingerprint density at radius 2 is 1.83 bits per heavy atom. The van der Waals surface area contributed by atoms with E-state index in [1.807, 2.05) is 0 Å². The maximum absolute atomic E-state index is 15.1. The second-order valence-corrected chi connectivity index (χ2v) is 9.11. The average Bonchev–Trinajstić information content (AvgIpc) is 3.00. The van der Waals surface area contributed by atoms with E-state index < -0.39 is 47.3 Å². The summed E-state index contributed by atoms with van der Waals surface area (Å²) in [6.45, 7) is -0.413. The van der Waals surface area contributed by atoms with Crippen LogP contribution in [0.15, 0.2) is 12.1 Å². The van der Waals surface area contributed by atoms with Crippen molar-refractivity contribution in [3.63, 3.8) is 0 Å². The Kier molecular flexibility index (Phi) is 8.71. The number of hydrogen-bond donors (Lipinski definition) is 1. The minimum atomic E-state index is -3.20. The van der Waals surface area contributed by atoms with E-state index in [-0.39, 0.29) is 69.4 Å². The molecule has 0 aromatic heterocycles. The number of amides is 3. The van der Waals surface area contributed by atoms with Crippen LogP contribution < -0.4 is 15.2 Å². The van der Waals surface area contributed by atoms with Crippen molar-refractivity contribution in [2.45, 2.75) is 25.4 Å². The fraction of sp³-hybridized carbons (Fsp3) is 0.591. The van der Waals surface area contributed by atoms with Gasteiger partial charge in [0.1, 0.15) is 12.2 Å². The molecule has 2 saturated heterocycles. The number of halogens is 5. The lowest BCUT2D eigenvalue weighted by Crippen LogP contribution is -2.53. The number of likely N-dealkylation sites (N-methyl/N-ethyl adjacent to an activating group) is 1. The maximum atomic E-state index is 15.1. The Labute approximate surface area is 204 Å². The molecule has 2 heterocycles. The van der Waals surface area contributed by atoms with Crippen LogP contribution in [0.25, 0.3) is 0 Å². The lowest BCUT2D eigenvalue weighted by molar-refractivity contribution is -0.819. The van der Waals surface area contributed by atoms with E-state index in [4.69, 9.17) is 4.74 Å². The van der Waals surface area contributed by atoms with Gasteiger partial charge in [0.15, 0.2) is 17.7 Å². The number of quaternary nitrogens is 1. The fourth-order valence-corrected chi connectivity index (χ4v) is 4.22. The Morgan fingerprint density at radius 1 is 1.17 bits per heavy atom. The summed E-state index contributed by atoms with van der Waals surface area (Å²) in [6, 6.07) is 1.93. The number of anilines is 2. The molecule has 1 aromatic rings. The summed E-state index contributed by atoms with van der Waals surface area (Å²) >= 11 is 0. The van der Waals surface area contributed by atoms with Gasteiger partial charge in [-0.3, -0.25) is 23.6 Å². The standard InChI is InChI=1S/C22H29F5N5O4/c1-32(2,21(34)20(26)27)13-15-12-30(22(35)36-15)14-10-16(24)19(17(25)11-14)29-7-6-28-31(9-8-29)18(33)4-3-5-23/h10-11,15,20,28H,3-9,12-13H2,1-2H3/q+1/t15-/m1/s1. The summed E-state index contributed by atoms with van der Waals surface area (Å²) in [5.41, 5.74) is 2.41. The van der Waals surface area contributed by atoms with Gasteiger partial charge in [-0.2, -0.15) is 8.78 Å². The SMILES string of the molecule is C[N+](C)(C[C@H]1CN(c2cc(F)c(N3CCNN(C(=O)CCCF)CC3)c(F)c2)C(=O)O1)C(=O)C(F)F. The molecule has 0 unspecified atom stereocenters. The molecule has 2 aliphatic heterocycles. The van der Waals surface area contributed by atoms with Crippen molar-refractivity contribution >= 4 is 29.3 Å². The number of hydrazine groups is 1. The first kappa shape index (κ1) is 27.6. The molecule has 14 heteroatoms. The van der Waals surface area contributed by atoms with E-state index in [0.717, 1.165) is 17.0 Å². The number of ether oxygens (including phenoxy) is 1. The minimum absolute atomic E-state index is 0.0141. The predicted molar refractivity (Wildman–Crippen MR) is 119 cm³/mol. The molecule has 1 N–H and O–H groups in total. The summed E-state index contributed by atoms with van der Waals surface area (Å²) in [4.78, 5) is 38.6. The molecular formula is C22H29F5N5O4+. The van der Waals surface area contributed by atoms with Crippen LogP contribution in [-0.4, -0.2) is 100.0 Å². The number of rotatable bonds is 8. The molecule has 1 aromatic carbocycles. The number of nitrogens with one attached hydrogen (secondary N) is 1. The van der Waals surface area contributed by atoms with Crippen molar-refractivity contribution in [3.05, 3.63) is 23.8 Å². The molecular weight excluding hydrogens is 493 g/mol. The molecule has 0 aliphatic carbocycles. The van der Waals surface area contributed by atoms with Gasteiger partial charge in [0.05, 0.1) is 39.5 Å². The Bertz CT molecular complexity index is 973. The van der Waals surface area contributed by atoms with Crippen LogP contribution >= 0.6 is 0 Å². The first-order chi connectivity index (χ1) is 16.9. The van der Waals surface area contributed by atoms with Gasteiger partial charge in [0, 0.05) is 38.2 Å². The van der Waals surface area contributed by atoms with Crippen LogP contribution in [0.2, 0.25) is 0 Å². The van der Waals surface area contributed by atoms with Gasteiger partial charge in [-0.05, 0) is 6.42 Å². The van der Waals surface area contributed by atoms with Crippen LogP contribution in [-0.2, 0) is 14.3 Å². The van der Waals surface area contributed by atoms with Gasteiger partial charge >= 0.3 is 18.4 Å². The number of carbonyl (C=O) groups is 3. The summed E-state index contributed by atoms with van der Waals surface area (Å²) in [5.74, 6) is -3.55. The number of carbonyl (C=O) groups excluding carboxylic acids is 3. The lowest BCUT2D eigenvalue weighted by atomic mass is 10.2. The van der Waals surface area contributed by atoms with Crippen molar-refractivity contribution in [1.82, 2.24) is 10.4 Å². The van der Waals surface area contributed by atoms with Gasteiger partial charge in [0.2, 0.25) is 5.91 Å². The third kappa shape index (κ3) is 6.22. The van der Waals surface area contributed by atoms with E-state index in [9.17, 15) is 27.6 Å². The van der Waals surface area contributed by atoms with Crippen molar-refractivity contribution in [2.75, 3.05) is 69.8 Å². The molecule has 0 spiro atoms. The monoisotopic (exact) mass is 522 g/mol. The number of nitrogens with zero attached hydrogens (tertiary/aromatic N) is 4. The van der Waals surface area contributed by atoms with E-state index in [0.29, 0.717) is 0 Å². The second-order valence-electron chi connectivity index (χ2n) is 9.11. The van der Waals surface area contributed by atoms with Gasteiger partial charge in [0.25, 0.3) is 0 Å². The highest BCUT2D eigenvalue weighted by Gasteiger charge is 2.42. The molecule has 3 amide bonds. The van der Waals surface area contributed by atoms with Gasteiger partial charge < -0.3 is 9.64 Å². The predicted octanol–water partition coefficient (Wildman–Crippen LogP) is 2.06. The smallest absolute Gasteiger partial charge is 0.414 e. The molecule has 0 radical (unpaired) electrons. The molecule has 2 fully saturated rings. The van der Waals surface area contributed by atoms with Gasteiger partial charge in [-0.1, -0.05) is 0 Å². The Balaban J connectivity index is 1.70. The van der Waals surface area contributed by atoms with E-state index in [1.165, 1.54) is 24.0 Å². The molecule has 9 nitrogen and oxygen atoms in total. The number of alkyl halides is 3. The van der Waals surface area contributed by atoms with Crippen molar-refractivity contribution in [3.8, 4) is 0 Å². The summed E-state index contributed by atoms with van der Waals surface area (Å²) in [5, 5.41) is 1.30. The molecule has 3 rings (SSSR count). The third-order valence-electron chi connectivity index (χ3n) is 6.05. The summed E-state index contributed by atoms with van der Waals surface area (Å²) in [6.07, 6.45) is -4.96. The zero-order chi connectivity index (χ0) is 26.6. The number of benzene rings is 1. The lowest BCUT2D eigenvalue weighted by Gasteiger charge is -2.28. The first-order valence-corrected chi connectivity index (χ1v) is 11.4. The number of hydrogen-bond acceptors (Lipinski definition) is 6. The number of cyclic esters (lactones) is 1. The normalized spacial score (nSPS) is 19.1. The second kappa shape index (κ2) is 11.4. The Hall–Kier alpha value is -3.00. The highest BCUT2D eigenvalue weighted by molar-refractivity contribution is 5.90. The molecule has 0 saturated carbocycles. The molecule has 200 valence electrons. The molecule has 2 aliphatic rings. The van der Waals surface area contributed by atoms with Gasteiger partial charge in [-0.15, -0.1) is 0 Å². The highest BCUT2D eigenvalue weighted by Crippen LogP contribution is 2.31. The average molecular weight is 522 g/mol. The van der Waals surface area contributed by atoms with Crippen molar-refractivity contribution < 1.29 is 45.6 Å². The van der Waals surface area contributed by atoms with Crippen molar-refractivity contribution in [2.24, 2.45) is 0 Å². The van der Waals surface area contributed by atoms with Crippen LogP contribution in [0.5, 0.6) is 0 Å². The quantitative estimate of drug-likeness (QED) is 0.416.